The number of carbonyl (C=O) groups is 1. The summed E-state index contributed by atoms with van der Waals surface area (Å²) in [5.74, 6) is 0.344. The minimum absolute atomic E-state index is 0.0792. The molecule has 1 aromatic heterocycles. The quantitative estimate of drug-likeness (QED) is 0.337. The van der Waals surface area contributed by atoms with E-state index in [2.05, 4.69) is 0 Å². The lowest BCUT2D eigenvalue weighted by Gasteiger charge is -2.12. The number of aromatic nitrogens is 1. The topological polar surface area (TPSA) is 94.8 Å². The number of carboxylic acids is 1. The molecule has 0 saturated carbocycles. The van der Waals surface area contributed by atoms with Crippen LogP contribution in [0.15, 0.2) is 77.8 Å². The van der Waals surface area contributed by atoms with Crippen LogP contribution in [-0.4, -0.2) is 36.7 Å². The van der Waals surface area contributed by atoms with E-state index in [9.17, 15) is 13.2 Å². The molecule has 3 aromatic carbocycles. The van der Waals surface area contributed by atoms with Crippen LogP contribution in [0.1, 0.15) is 25.8 Å². The van der Waals surface area contributed by atoms with Gasteiger partial charge in [-0.2, -0.15) is 0 Å². The van der Waals surface area contributed by atoms with E-state index in [4.69, 9.17) is 14.6 Å². The van der Waals surface area contributed by atoms with Crippen molar-refractivity contribution in [2.24, 2.45) is 0 Å². The fraction of sp³-hybridized carbons (Fsp3) is 0.222. The second kappa shape index (κ2) is 9.84. The molecule has 7 nitrogen and oxygen atoms in total. The Morgan fingerprint density at radius 1 is 0.943 bits per heavy atom. The predicted molar refractivity (Wildman–Crippen MR) is 135 cm³/mol. The molecule has 0 aliphatic carbocycles. The smallest absolute Gasteiger partial charge is 0.303 e. The largest absolute Gasteiger partial charge is 0.497 e. The van der Waals surface area contributed by atoms with Gasteiger partial charge >= 0.3 is 5.97 Å². The molecule has 0 saturated heterocycles. The van der Waals surface area contributed by atoms with E-state index < -0.39 is 16.0 Å². The van der Waals surface area contributed by atoms with Crippen LogP contribution in [0, 0.1) is 0 Å². The first kappa shape index (κ1) is 24.3. The highest BCUT2D eigenvalue weighted by molar-refractivity contribution is 7.90. The van der Waals surface area contributed by atoms with Crippen LogP contribution in [-0.2, 0) is 21.2 Å². The summed E-state index contributed by atoms with van der Waals surface area (Å²) in [6, 6.07) is 19.4. The van der Waals surface area contributed by atoms with Crippen molar-refractivity contribution in [2.45, 2.75) is 37.7 Å². The lowest BCUT2D eigenvalue weighted by atomic mass is 10.1. The summed E-state index contributed by atoms with van der Waals surface area (Å²) in [5, 5.41) is 9.81. The van der Waals surface area contributed by atoms with E-state index in [1.54, 1.807) is 49.6 Å². The van der Waals surface area contributed by atoms with Crippen LogP contribution in [0.3, 0.4) is 0 Å². The number of aryl methyl sites for hydroxylation is 1. The molecule has 0 radical (unpaired) electrons. The number of fused-ring (bicyclic) bond motifs is 1. The van der Waals surface area contributed by atoms with Crippen LogP contribution in [0.4, 0.5) is 0 Å². The lowest BCUT2D eigenvalue weighted by Crippen LogP contribution is -2.12. The molecule has 8 heteroatoms. The molecular weight excluding hydrogens is 466 g/mol. The predicted octanol–water partition coefficient (Wildman–Crippen LogP) is 5.36. The Kier molecular flexibility index (Phi) is 6.84. The maximum Gasteiger partial charge on any atom is 0.303 e. The Morgan fingerprint density at radius 2 is 1.54 bits per heavy atom. The van der Waals surface area contributed by atoms with Gasteiger partial charge in [-0.05, 0) is 73.4 Å². The summed E-state index contributed by atoms with van der Waals surface area (Å²) >= 11 is 0. The summed E-state index contributed by atoms with van der Waals surface area (Å²) in [4.78, 5) is 11.3. The number of hydrogen-bond donors (Lipinski definition) is 1. The first-order chi connectivity index (χ1) is 16.7. The van der Waals surface area contributed by atoms with Crippen molar-refractivity contribution >= 4 is 26.9 Å². The molecule has 1 heterocycles. The number of ether oxygens (including phenoxy) is 2. The fourth-order valence-electron chi connectivity index (χ4n) is 3.95. The average molecular weight is 494 g/mol. The molecule has 0 atom stereocenters. The van der Waals surface area contributed by atoms with Gasteiger partial charge in [0, 0.05) is 24.1 Å². The minimum Gasteiger partial charge on any atom is -0.497 e. The first-order valence-electron chi connectivity index (χ1n) is 11.2. The summed E-state index contributed by atoms with van der Waals surface area (Å²) in [6.45, 7) is 3.78. The van der Waals surface area contributed by atoms with Crippen molar-refractivity contribution in [3.63, 3.8) is 0 Å². The van der Waals surface area contributed by atoms with Gasteiger partial charge in [-0.15, -0.1) is 0 Å². The lowest BCUT2D eigenvalue weighted by molar-refractivity contribution is -0.136. The summed E-state index contributed by atoms with van der Waals surface area (Å²) in [7, 11) is -2.34. The minimum atomic E-state index is -3.94. The maximum atomic E-state index is 13.7. The van der Waals surface area contributed by atoms with Crippen molar-refractivity contribution in [1.29, 1.82) is 0 Å². The second-order valence-electron chi connectivity index (χ2n) is 8.45. The number of benzene rings is 3. The molecule has 182 valence electrons. The highest BCUT2D eigenvalue weighted by Gasteiger charge is 2.22. The third-order valence-corrected chi connectivity index (χ3v) is 7.33. The molecular formula is C27H27NO6S. The Bertz CT molecular complexity index is 1450. The van der Waals surface area contributed by atoms with E-state index in [0.29, 0.717) is 22.2 Å². The van der Waals surface area contributed by atoms with E-state index in [-0.39, 0.29) is 23.8 Å². The van der Waals surface area contributed by atoms with Gasteiger partial charge in [-0.25, -0.2) is 12.4 Å². The van der Waals surface area contributed by atoms with Gasteiger partial charge in [-0.1, -0.05) is 24.3 Å². The van der Waals surface area contributed by atoms with E-state index >= 15 is 0 Å². The zero-order chi connectivity index (χ0) is 25.2. The molecule has 4 aromatic rings. The van der Waals surface area contributed by atoms with E-state index in [1.165, 1.54) is 10.2 Å². The van der Waals surface area contributed by atoms with Gasteiger partial charge in [-0.3, -0.25) is 4.79 Å². The number of hydrogen-bond acceptors (Lipinski definition) is 5. The second-order valence-corrected chi connectivity index (χ2v) is 10.3. The van der Waals surface area contributed by atoms with Crippen LogP contribution in [0.2, 0.25) is 0 Å². The van der Waals surface area contributed by atoms with Gasteiger partial charge in [0.25, 0.3) is 10.0 Å². The van der Waals surface area contributed by atoms with E-state index in [0.717, 1.165) is 16.9 Å². The average Bonchev–Trinajstić information content (AvgIpc) is 3.21. The number of aliphatic carboxylic acids is 1. The Hall–Kier alpha value is -3.78. The Labute approximate surface area is 204 Å². The van der Waals surface area contributed by atoms with Crippen molar-refractivity contribution in [3.05, 3.63) is 78.5 Å². The molecule has 0 amide bonds. The first-order valence-corrected chi connectivity index (χ1v) is 12.7. The summed E-state index contributed by atoms with van der Waals surface area (Å²) < 4.78 is 39.5. The molecule has 35 heavy (non-hydrogen) atoms. The van der Waals surface area contributed by atoms with Crippen molar-refractivity contribution in [2.75, 3.05) is 7.11 Å². The molecule has 0 aliphatic rings. The van der Waals surface area contributed by atoms with E-state index in [1.807, 2.05) is 38.1 Å². The standard InChI is InChI=1S/C27H27NO6S/c1-18(2)34-23-11-14-25-21(8-15-27(29)30)17-28(26(25)16-23)35(31,32)24-12-6-20(7-13-24)19-4-9-22(33-3)10-5-19/h4-7,9-14,16-18H,8,15H2,1-3H3,(H,29,30). The van der Waals surface area contributed by atoms with Crippen molar-refractivity contribution in [3.8, 4) is 22.6 Å². The van der Waals surface area contributed by atoms with Crippen LogP contribution < -0.4 is 9.47 Å². The Balaban J connectivity index is 1.75. The molecule has 4 rings (SSSR count). The van der Waals surface area contributed by atoms with Crippen molar-refractivity contribution in [1.82, 2.24) is 3.97 Å². The zero-order valence-electron chi connectivity index (χ0n) is 19.8. The molecule has 0 spiro atoms. The normalized spacial score (nSPS) is 11.7. The summed E-state index contributed by atoms with van der Waals surface area (Å²) in [6.07, 6.45) is 1.55. The highest BCUT2D eigenvalue weighted by Crippen LogP contribution is 2.31. The van der Waals surface area contributed by atoms with Crippen LogP contribution in [0.25, 0.3) is 22.0 Å². The van der Waals surface area contributed by atoms with Gasteiger partial charge < -0.3 is 14.6 Å². The van der Waals surface area contributed by atoms with Gasteiger partial charge in [0.15, 0.2) is 0 Å². The maximum absolute atomic E-state index is 13.7. The number of rotatable bonds is 9. The number of methoxy groups -OCH3 is 1. The molecule has 0 fully saturated rings. The van der Waals surface area contributed by atoms with Gasteiger partial charge in [0.05, 0.1) is 23.6 Å². The number of carboxylic acid groups (broad SMARTS) is 1. The molecule has 1 N–H and O–H groups in total. The Morgan fingerprint density at radius 3 is 2.11 bits per heavy atom. The molecule has 0 unspecified atom stereocenters. The summed E-state index contributed by atoms with van der Waals surface area (Å²) in [5.41, 5.74) is 2.91. The third kappa shape index (κ3) is 5.17. The molecule has 0 bridgehead atoms. The SMILES string of the molecule is COc1ccc(-c2ccc(S(=O)(=O)n3cc(CCC(=O)O)c4ccc(OC(C)C)cc43)cc2)cc1. The fourth-order valence-corrected chi connectivity index (χ4v) is 5.33. The van der Waals surface area contributed by atoms with Gasteiger partial charge in [0.2, 0.25) is 0 Å². The highest BCUT2D eigenvalue weighted by atomic mass is 32.2. The van der Waals surface area contributed by atoms with Crippen LogP contribution >= 0.6 is 0 Å². The van der Waals surface area contributed by atoms with Gasteiger partial charge in [0.1, 0.15) is 11.5 Å². The van der Waals surface area contributed by atoms with Crippen molar-refractivity contribution < 1.29 is 27.8 Å². The third-order valence-electron chi connectivity index (χ3n) is 5.64. The zero-order valence-corrected chi connectivity index (χ0v) is 20.6. The monoisotopic (exact) mass is 493 g/mol. The molecule has 0 aliphatic heterocycles. The van der Waals surface area contributed by atoms with Crippen LogP contribution in [0.5, 0.6) is 11.5 Å². The number of nitrogens with zero attached hydrogens (tertiary/aromatic N) is 1.